The Bertz CT molecular complexity index is 569. The molecule has 0 aliphatic carbocycles. The lowest BCUT2D eigenvalue weighted by Gasteiger charge is -2.13. The second-order valence-corrected chi connectivity index (χ2v) is 4.72. The topological polar surface area (TPSA) is 54.0 Å². The lowest BCUT2D eigenvalue weighted by atomic mass is 10.2. The Labute approximate surface area is 119 Å². The number of aryl methyl sites for hydroxylation is 1. The number of benzene rings is 1. The standard InChI is InChI=1S/C16H19N3O/c1-12-7-3-4-8-14(12)19-16(20)11-18-13(2)15-9-5-6-10-17-15/h3-10,13,18H,11H2,1-2H3,(H,19,20). The lowest BCUT2D eigenvalue weighted by Crippen LogP contribution is -2.30. The fourth-order valence-corrected chi connectivity index (χ4v) is 1.89. The van der Waals surface area contributed by atoms with Gasteiger partial charge in [0.15, 0.2) is 0 Å². The zero-order chi connectivity index (χ0) is 14.4. The van der Waals surface area contributed by atoms with Crippen molar-refractivity contribution in [3.8, 4) is 0 Å². The fraction of sp³-hybridized carbons (Fsp3) is 0.250. The van der Waals surface area contributed by atoms with Gasteiger partial charge in [-0.2, -0.15) is 0 Å². The van der Waals surface area contributed by atoms with Crippen molar-refractivity contribution < 1.29 is 4.79 Å². The van der Waals surface area contributed by atoms with E-state index in [1.807, 2.05) is 56.3 Å². The molecule has 0 fully saturated rings. The minimum Gasteiger partial charge on any atom is -0.325 e. The van der Waals surface area contributed by atoms with E-state index in [-0.39, 0.29) is 18.5 Å². The Kier molecular flexibility index (Phi) is 4.85. The van der Waals surface area contributed by atoms with Gasteiger partial charge in [-0.15, -0.1) is 0 Å². The van der Waals surface area contributed by atoms with E-state index >= 15 is 0 Å². The number of carbonyl (C=O) groups excluding carboxylic acids is 1. The van der Waals surface area contributed by atoms with Crippen LogP contribution in [0.25, 0.3) is 0 Å². The number of para-hydroxylation sites is 1. The second kappa shape index (κ2) is 6.82. The van der Waals surface area contributed by atoms with Crippen LogP contribution in [0.15, 0.2) is 48.7 Å². The van der Waals surface area contributed by atoms with Crippen LogP contribution in [-0.2, 0) is 4.79 Å². The quantitative estimate of drug-likeness (QED) is 0.877. The molecule has 0 bridgehead atoms. The van der Waals surface area contributed by atoms with E-state index in [4.69, 9.17) is 0 Å². The third-order valence-corrected chi connectivity index (χ3v) is 3.12. The van der Waals surface area contributed by atoms with Crippen molar-refractivity contribution in [2.45, 2.75) is 19.9 Å². The first-order chi connectivity index (χ1) is 9.66. The summed E-state index contributed by atoms with van der Waals surface area (Å²) in [4.78, 5) is 16.2. The number of nitrogens with zero attached hydrogens (tertiary/aromatic N) is 1. The first-order valence-electron chi connectivity index (χ1n) is 6.66. The summed E-state index contributed by atoms with van der Waals surface area (Å²) in [7, 11) is 0. The van der Waals surface area contributed by atoms with Crippen LogP contribution in [0.1, 0.15) is 24.2 Å². The van der Waals surface area contributed by atoms with Crippen LogP contribution < -0.4 is 10.6 Å². The third-order valence-electron chi connectivity index (χ3n) is 3.12. The Morgan fingerprint density at radius 2 is 1.95 bits per heavy atom. The van der Waals surface area contributed by atoms with Crippen molar-refractivity contribution in [2.24, 2.45) is 0 Å². The minimum absolute atomic E-state index is 0.0406. The highest BCUT2D eigenvalue weighted by molar-refractivity contribution is 5.92. The molecule has 0 aliphatic rings. The molecule has 0 spiro atoms. The van der Waals surface area contributed by atoms with E-state index in [1.54, 1.807) is 6.20 Å². The molecule has 4 nitrogen and oxygen atoms in total. The molecule has 1 aromatic heterocycles. The van der Waals surface area contributed by atoms with Crippen LogP contribution in [0, 0.1) is 6.92 Å². The number of anilines is 1. The summed E-state index contributed by atoms with van der Waals surface area (Å²) >= 11 is 0. The summed E-state index contributed by atoms with van der Waals surface area (Å²) < 4.78 is 0. The first kappa shape index (κ1) is 14.2. The maximum atomic E-state index is 11.9. The molecule has 4 heteroatoms. The fourth-order valence-electron chi connectivity index (χ4n) is 1.89. The molecule has 1 heterocycles. The molecule has 20 heavy (non-hydrogen) atoms. The van der Waals surface area contributed by atoms with Crippen molar-refractivity contribution in [2.75, 3.05) is 11.9 Å². The van der Waals surface area contributed by atoms with Crippen molar-refractivity contribution in [1.29, 1.82) is 0 Å². The Morgan fingerprint density at radius 3 is 2.65 bits per heavy atom. The summed E-state index contributed by atoms with van der Waals surface area (Å²) in [5, 5.41) is 6.06. The zero-order valence-electron chi connectivity index (χ0n) is 11.8. The molecular weight excluding hydrogens is 250 g/mol. The summed E-state index contributed by atoms with van der Waals surface area (Å²) in [6.45, 7) is 4.22. The van der Waals surface area contributed by atoms with Gasteiger partial charge in [0.2, 0.25) is 5.91 Å². The number of carbonyl (C=O) groups is 1. The molecule has 0 saturated heterocycles. The maximum absolute atomic E-state index is 11.9. The van der Waals surface area contributed by atoms with Crippen LogP contribution in [0.5, 0.6) is 0 Å². The molecule has 1 unspecified atom stereocenters. The molecule has 0 saturated carbocycles. The van der Waals surface area contributed by atoms with Crippen LogP contribution >= 0.6 is 0 Å². The van der Waals surface area contributed by atoms with Gasteiger partial charge in [0.1, 0.15) is 0 Å². The predicted molar refractivity (Wildman–Crippen MR) is 80.5 cm³/mol. The van der Waals surface area contributed by atoms with E-state index < -0.39 is 0 Å². The van der Waals surface area contributed by atoms with Gasteiger partial charge in [0.25, 0.3) is 0 Å². The molecule has 1 atom stereocenters. The molecule has 0 aliphatic heterocycles. The Balaban J connectivity index is 1.85. The van der Waals surface area contributed by atoms with Gasteiger partial charge >= 0.3 is 0 Å². The lowest BCUT2D eigenvalue weighted by molar-refractivity contribution is -0.115. The molecule has 2 N–H and O–H groups in total. The first-order valence-corrected chi connectivity index (χ1v) is 6.66. The van der Waals surface area contributed by atoms with E-state index in [2.05, 4.69) is 15.6 Å². The number of rotatable bonds is 5. The molecule has 2 aromatic rings. The van der Waals surface area contributed by atoms with Gasteiger partial charge < -0.3 is 10.6 Å². The van der Waals surface area contributed by atoms with Crippen molar-refractivity contribution in [3.63, 3.8) is 0 Å². The van der Waals surface area contributed by atoms with Crippen LogP contribution in [0.4, 0.5) is 5.69 Å². The highest BCUT2D eigenvalue weighted by atomic mass is 16.1. The number of amides is 1. The second-order valence-electron chi connectivity index (χ2n) is 4.72. The van der Waals surface area contributed by atoms with Crippen LogP contribution in [0.2, 0.25) is 0 Å². The van der Waals surface area contributed by atoms with Crippen molar-refractivity contribution in [3.05, 3.63) is 59.9 Å². The average Bonchev–Trinajstić information content (AvgIpc) is 2.48. The maximum Gasteiger partial charge on any atom is 0.238 e. The largest absolute Gasteiger partial charge is 0.325 e. The number of hydrogen-bond acceptors (Lipinski definition) is 3. The van der Waals surface area contributed by atoms with Crippen molar-refractivity contribution in [1.82, 2.24) is 10.3 Å². The number of pyridine rings is 1. The summed E-state index contributed by atoms with van der Waals surface area (Å²) in [5.74, 6) is -0.0536. The van der Waals surface area contributed by atoms with Gasteiger partial charge in [-0.1, -0.05) is 24.3 Å². The monoisotopic (exact) mass is 269 g/mol. The normalized spacial score (nSPS) is 11.9. The molecule has 1 aromatic carbocycles. The molecule has 104 valence electrons. The third kappa shape index (κ3) is 3.90. The molecule has 0 radical (unpaired) electrons. The van der Waals surface area contributed by atoms with E-state index in [0.29, 0.717) is 0 Å². The van der Waals surface area contributed by atoms with Gasteiger partial charge in [-0.3, -0.25) is 9.78 Å². The van der Waals surface area contributed by atoms with Gasteiger partial charge in [0, 0.05) is 17.9 Å². The summed E-state index contributed by atoms with van der Waals surface area (Å²) in [6, 6.07) is 13.5. The SMILES string of the molecule is Cc1ccccc1NC(=O)CNC(C)c1ccccn1. The van der Waals surface area contributed by atoms with E-state index in [0.717, 1.165) is 16.9 Å². The number of aromatic nitrogens is 1. The molecular formula is C16H19N3O. The van der Waals surface area contributed by atoms with E-state index in [9.17, 15) is 4.79 Å². The number of hydrogen-bond donors (Lipinski definition) is 2. The van der Waals surface area contributed by atoms with Gasteiger partial charge in [0.05, 0.1) is 12.2 Å². The summed E-state index contributed by atoms with van der Waals surface area (Å²) in [5.41, 5.74) is 2.83. The van der Waals surface area contributed by atoms with Crippen LogP contribution in [-0.4, -0.2) is 17.4 Å². The Morgan fingerprint density at radius 1 is 1.20 bits per heavy atom. The van der Waals surface area contributed by atoms with Crippen molar-refractivity contribution >= 4 is 11.6 Å². The summed E-state index contributed by atoms with van der Waals surface area (Å²) in [6.07, 6.45) is 1.75. The zero-order valence-corrected chi connectivity index (χ0v) is 11.8. The predicted octanol–water partition coefficient (Wildman–Crippen LogP) is 2.68. The van der Waals surface area contributed by atoms with E-state index in [1.165, 1.54) is 0 Å². The number of nitrogens with one attached hydrogen (secondary N) is 2. The highest BCUT2D eigenvalue weighted by Crippen LogP contribution is 2.13. The van der Waals surface area contributed by atoms with Gasteiger partial charge in [-0.05, 0) is 37.6 Å². The average molecular weight is 269 g/mol. The van der Waals surface area contributed by atoms with Gasteiger partial charge in [-0.25, -0.2) is 0 Å². The Hall–Kier alpha value is -2.20. The highest BCUT2D eigenvalue weighted by Gasteiger charge is 2.09. The molecule has 1 amide bonds. The molecule has 2 rings (SSSR count). The van der Waals surface area contributed by atoms with Crippen LogP contribution in [0.3, 0.4) is 0 Å². The smallest absolute Gasteiger partial charge is 0.238 e. The minimum atomic E-state index is -0.0536.